The Bertz CT molecular complexity index is 1810. The molecule has 2 heterocycles. The first-order valence-electron chi connectivity index (χ1n) is 32.6. The van der Waals surface area contributed by atoms with E-state index >= 15 is 0 Å². The Morgan fingerprint density at radius 3 is 1.28 bits per heavy atom. The van der Waals surface area contributed by atoms with E-state index in [1.165, 1.54) is 83.5 Å². The number of allylic oxidation sites excluding steroid dienone is 18. The molecule has 2 saturated heterocycles. The Labute approximate surface area is 502 Å². The third-order valence-corrected chi connectivity index (χ3v) is 15.3. The third-order valence-electron chi connectivity index (χ3n) is 15.3. The molecular formula is C69H117NO13. The fourth-order valence-electron chi connectivity index (χ4n) is 10.1. The maximum Gasteiger partial charge on any atom is 0.220 e. The molecule has 1 amide bonds. The van der Waals surface area contributed by atoms with E-state index in [4.69, 9.17) is 18.9 Å². The van der Waals surface area contributed by atoms with Crippen LogP contribution in [0.15, 0.2) is 109 Å². The van der Waals surface area contributed by atoms with E-state index in [0.717, 1.165) is 116 Å². The van der Waals surface area contributed by atoms with E-state index in [9.17, 15) is 45.6 Å². The number of nitrogens with one attached hydrogen (secondary N) is 1. The van der Waals surface area contributed by atoms with E-state index in [-0.39, 0.29) is 12.5 Å². The van der Waals surface area contributed by atoms with Crippen molar-refractivity contribution in [2.45, 2.75) is 299 Å². The van der Waals surface area contributed by atoms with Gasteiger partial charge in [0.15, 0.2) is 12.6 Å². The number of aliphatic hydroxyl groups excluding tert-OH is 8. The zero-order valence-corrected chi connectivity index (χ0v) is 51.4. The highest BCUT2D eigenvalue weighted by Crippen LogP contribution is 2.30. The average Bonchev–Trinajstić information content (AvgIpc) is 3.45. The van der Waals surface area contributed by atoms with Crippen LogP contribution in [0.2, 0.25) is 0 Å². The number of amides is 1. The Morgan fingerprint density at radius 2 is 0.831 bits per heavy atom. The molecule has 476 valence electrons. The molecule has 12 atom stereocenters. The van der Waals surface area contributed by atoms with Gasteiger partial charge in [-0.25, -0.2) is 0 Å². The van der Waals surface area contributed by atoms with Crippen LogP contribution >= 0.6 is 0 Å². The Hall–Kier alpha value is -3.35. The van der Waals surface area contributed by atoms with E-state index in [1.807, 2.05) is 0 Å². The van der Waals surface area contributed by atoms with Crippen molar-refractivity contribution >= 4 is 5.91 Å². The molecule has 0 bridgehead atoms. The van der Waals surface area contributed by atoms with Gasteiger partial charge in [-0.05, 0) is 83.5 Å². The third kappa shape index (κ3) is 37.7. The molecule has 14 nitrogen and oxygen atoms in total. The van der Waals surface area contributed by atoms with E-state index in [2.05, 4.69) is 129 Å². The minimum absolute atomic E-state index is 0.215. The standard InChI is InChI=1S/C69H117NO13/c1-3-5-7-9-11-13-14-15-16-17-18-19-20-21-22-23-24-25-26-27-28-29-30-31-32-33-34-35-36-37-38-39-40-41-42-43-44-45-47-49-51-53-61(74)70-57(58(73)52-50-48-46-12-10-8-6-4-2)56-80-68-66(79)64(77)67(60(55-72)82-68)83-69-65(78)63(76)62(75)59(54-71)81-69/h5,7,11,13,15-16,18-19,21-22,24-25,27-28,30-31,33-34,57-60,62-69,71-73,75-79H,3-4,6,8-10,12,14,17,20,23,26,29,32,35-56H2,1-2H3,(H,70,74)/b7-5-,13-11-,16-15-,19-18-,22-21-,25-24-,28-27-,31-30-,34-33-. The minimum Gasteiger partial charge on any atom is -0.394 e. The molecule has 0 spiro atoms. The number of carbonyl (C=O) groups excluding carboxylic acids is 1. The normalized spacial score (nSPS) is 24.6. The topological polar surface area (TPSA) is 228 Å². The monoisotopic (exact) mass is 1170 g/mol. The highest BCUT2D eigenvalue weighted by atomic mass is 16.7. The average molecular weight is 1170 g/mol. The van der Waals surface area contributed by atoms with Crippen LogP contribution in [0.1, 0.15) is 226 Å². The van der Waals surface area contributed by atoms with Crippen LogP contribution < -0.4 is 5.32 Å². The lowest BCUT2D eigenvalue weighted by Crippen LogP contribution is -2.65. The molecule has 0 aromatic carbocycles. The summed E-state index contributed by atoms with van der Waals surface area (Å²) in [5.74, 6) is -0.215. The number of unbranched alkanes of at least 4 members (excludes halogenated alkanes) is 20. The Kier molecular flexibility index (Phi) is 48.3. The number of aliphatic hydroxyl groups is 8. The summed E-state index contributed by atoms with van der Waals surface area (Å²) in [5.41, 5.74) is 0. The van der Waals surface area contributed by atoms with Crippen molar-refractivity contribution in [3.05, 3.63) is 109 Å². The van der Waals surface area contributed by atoms with Gasteiger partial charge >= 0.3 is 0 Å². The first-order valence-corrected chi connectivity index (χ1v) is 32.6. The van der Waals surface area contributed by atoms with Gasteiger partial charge in [-0.1, -0.05) is 245 Å². The molecule has 2 rings (SSSR count). The largest absolute Gasteiger partial charge is 0.394 e. The Morgan fingerprint density at radius 1 is 0.446 bits per heavy atom. The van der Waals surface area contributed by atoms with Crippen LogP contribution in [0.4, 0.5) is 0 Å². The summed E-state index contributed by atoms with van der Waals surface area (Å²) in [6.07, 6.45) is 58.6. The molecule has 0 radical (unpaired) electrons. The second-order valence-corrected chi connectivity index (χ2v) is 22.5. The summed E-state index contributed by atoms with van der Waals surface area (Å²) in [7, 11) is 0. The van der Waals surface area contributed by atoms with E-state index in [1.54, 1.807) is 0 Å². The maximum atomic E-state index is 13.2. The highest BCUT2D eigenvalue weighted by molar-refractivity contribution is 5.76. The lowest BCUT2D eigenvalue weighted by Gasteiger charge is -2.46. The van der Waals surface area contributed by atoms with Gasteiger partial charge in [-0.2, -0.15) is 0 Å². The number of carbonyl (C=O) groups is 1. The van der Waals surface area contributed by atoms with Crippen molar-refractivity contribution < 1.29 is 64.6 Å². The van der Waals surface area contributed by atoms with Crippen molar-refractivity contribution in [3.63, 3.8) is 0 Å². The van der Waals surface area contributed by atoms with Crippen LogP contribution in [0.25, 0.3) is 0 Å². The zero-order valence-electron chi connectivity index (χ0n) is 51.4. The molecule has 2 aliphatic heterocycles. The lowest BCUT2D eigenvalue weighted by atomic mass is 9.97. The van der Waals surface area contributed by atoms with Crippen molar-refractivity contribution in [2.75, 3.05) is 19.8 Å². The number of hydrogen-bond acceptors (Lipinski definition) is 13. The second-order valence-electron chi connectivity index (χ2n) is 22.5. The van der Waals surface area contributed by atoms with Gasteiger partial charge in [0.05, 0.1) is 32.0 Å². The molecule has 0 aromatic heterocycles. The van der Waals surface area contributed by atoms with Gasteiger partial charge in [-0.3, -0.25) is 4.79 Å². The van der Waals surface area contributed by atoms with Crippen molar-refractivity contribution in [2.24, 2.45) is 0 Å². The quantitative estimate of drug-likeness (QED) is 0.0204. The molecule has 0 aliphatic carbocycles. The van der Waals surface area contributed by atoms with Gasteiger partial charge in [0.25, 0.3) is 0 Å². The first-order chi connectivity index (χ1) is 40.6. The second kappa shape index (κ2) is 52.9. The molecule has 14 heteroatoms. The summed E-state index contributed by atoms with van der Waals surface area (Å²) in [6, 6.07) is -0.832. The number of ether oxygens (including phenoxy) is 4. The molecular weight excluding hydrogens is 1050 g/mol. The fraction of sp³-hybridized carbons (Fsp3) is 0.725. The molecule has 0 saturated carbocycles. The SMILES string of the molecule is CC/C=C\C/C=C\C/C=C\C/C=C\C/C=C\C/C=C\C/C=C\C/C=C\C/C=C\CCCCCCCCCCCCCCCC(=O)NC(COC1OC(CO)C(OC2OC(CO)C(O)C(O)C2O)C(O)C1O)C(O)CCCCCCCCCC. The molecule has 12 unspecified atom stereocenters. The van der Waals surface area contributed by atoms with Crippen molar-refractivity contribution in [1.29, 1.82) is 0 Å². The zero-order chi connectivity index (χ0) is 60.2. The van der Waals surface area contributed by atoms with Crippen LogP contribution in [0, 0.1) is 0 Å². The van der Waals surface area contributed by atoms with Crippen molar-refractivity contribution in [1.82, 2.24) is 5.32 Å². The van der Waals surface area contributed by atoms with Gasteiger partial charge in [-0.15, -0.1) is 0 Å². The summed E-state index contributed by atoms with van der Waals surface area (Å²) in [5, 5.41) is 87.0. The molecule has 0 aromatic rings. The van der Waals surface area contributed by atoms with Crippen LogP contribution in [0.3, 0.4) is 0 Å². The predicted octanol–water partition coefficient (Wildman–Crippen LogP) is 12.4. The summed E-state index contributed by atoms with van der Waals surface area (Å²) < 4.78 is 22.8. The lowest BCUT2D eigenvalue weighted by molar-refractivity contribution is -0.359. The summed E-state index contributed by atoms with van der Waals surface area (Å²) in [4.78, 5) is 13.2. The minimum atomic E-state index is -1.78. The molecule has 2 fully saturated rings. The first kappa shape index (κ1) is 75.7. The molecule has 2 aliphatic rings. The van der Waals surface area contributed by atoms with Crippen molar-refractivity contribution in [3.8, 4) is 0 Å². The molecule has 83 heavy (non-hydrogen) atoms. The van der Waals surface area contributed by atoms with Crippen LogP contribution in [0.5, 0.6) is 0 Å². The van der Waals surface area contributed by atoms with Crippen LogP contribution in [-0.4, -0.2) is 140 Å². The summed E-state index contributed by atoms with van der Waals surface area (Å²) >= 11 is 0. The molecule has 9 N–H and O–H groups in total. The van der Waals surface area contributed by atoms with E-state index < -0.39 is 86.8 Å². The van der Waals surface area contributed by atoms with Gasteiger partial charge in [0.2, 0.25) is 5.91 Å². The van der Waals surface area contributed by atoms with E-state index in [0.29, 0.717) is 12.8 Å². The van der Waals surface area contributed by atoms with Gasteiger partial charge in [0, 0.05) is 6.42 Å². The number of rotatable bonds is 51. The smallest absolute Gasteiger partial charge is 0.220 e. The van der Waals surface area contributed by atoms with Gasteiger partial charge < -0.3 is 65.1 Å². The number of hydrogen-bond donors (Lipinski definition) is 9. The predicted molar refractivity (Wildman–Crippen MR) is 336 cm³/mol. The summed E-state index contributed by atoms with van der Waals surface area (Å²) in [6.45, 7) is 2.69. The fourth-order valence-corrected chi connectivity index (χ4v) is 10.1. The van der Waals surface area contributed by atoms with Crippen LogP contribution in [-0.2, 0) is 23.7 Å². The maximum absolute atomic E-state index is 13.2. The highest BCUT2D eigenvalue weighted by Gasteiger charge is 2.51. The Balaban J connectivity index is 1.54. The van der Waals surface area contributed by atoms with Gasteiger partial charge in [0.1, 0.15) is 48.8 Å².